The standard InChI is InChI=1S/C14H19BrN4O2/c1-3-19-11(13(15)9(2)16-19)7-17-8-12(20)18-6-4-5-10(18)14(17)21/h10H,3-8H2,1-2H3. The number of piperazine rings is 1. The lowest BCUT2D eigenvalue weighted by atomic mass is 10.1. The van der Waals surface area contributed by atoms with Gasteiger partial charge in [-0.15, -0.1) is 0 Å². The molecule has 1 aromatic rings. The average Bonchev–Trinajstić information content (AvgIpc) is 3.05. The lowest BCUT2D eigenvalue weighted by Crippen LogP contribution is -2.57. The first-order chi connectivity index (χ1) is 10.0. The molecule has 2 fully saturated rings. The summed E-state index contributed by atoms with van der Waals surface area (Å²) in [6, 6.07) is -0.246. The molecule has 7 heteroatoms. The molecular weight excluding hydrogens is 336 g/mol. The van der Waals surface area contributed by atoms with Gasteiger partial charge in [-0.3, -0.25) is 14.3 Å². The average molecular weight is 355 g/mol. The predicted molar refractivity (Wildman–Crippen MR) is 80.5 cm³/mol. The molecule has 1 aromatic heterocycles. The molecule has 2 aliphatic heterocycles. The van der Waals surface area contributed by atoms with E-state index in [-0.39, 0.29) is 24.4 Å². The Labute approximate surface area is 132 Å². The van der Waals surface area contributed by atoms with E-state index in [1.807, 2.05) is 18.5 Å². The second-order valence-corrected chi connectivity index (χ2v) is 6.39. The molecule has 2 amide bonds. The van der Waals surface area contributed by atoms with Crippen LogP contribution in [-0.4, -0.2) is 50.5 Å². The van der Waals surface area contributed by atoms with Gasteiger partial charge in [0, 0.05) is 13.1 Å². The fraction of sp³-hybridized carbons (Fsp3) is 0.643. The van der Waals surface area contributed by atoms with Gasteiger partial charge in [0.25, 0.3) is 0 Å². The maximum atomic E-state index is 12.6. The molecule has 0 spiro atoms. The van der Waals surface area contributed by atoms with Crippen molar-refractivity contribution < 1.29 is 9.59 Å². The lowest BCUT2D eigenvalue weighted by Gasteiger charge is -2.36. The molecule has 3 rings (SSSR count). The van der Waals surface area contributed by atoms with Crippen molar-refractivity contribution in [3.05, 3.63) is 15.9 Å². The van der Waals surface area contributed by atoms with E-state index < -0.39 is 0 Å². The van der Waals surface area contributed by atoms with Crippen LogP contribution in [0.15, 0.2) is 4.47 Å². The summed E-state index contributed by atoms with van der Waals surface area (Å²) in [5, 5.41) is 4.44. The summed E-state index contributed by atoms with van der Waals surface area (Å²) in [7, 11) is 0. The van der Waals surface area contributed by atoms with Crippen LogP contribution in [0.2, 0.25) is 0 Å². The predicted octanol–water partition coefficient (Wildman–Crippen LogP) is 1.31. The molecular formula is C14H19BrN4O2. The Morgan fingerprint density at radius 1 is 1.38 bits per heavy atom. The lowest BCUT2D eigenvalue weighted by molar-refractivity contribution is -0.154. The number of rotatable bonds is 3. The van der Waals surface area contributed by atoms with Crippen molar-refractivity contribution in [1.29, 1.82) is 0 Å². The summed E-state index contributed by atoms with van der Waals surface area (Å²) >= 11 is 3.54. The SMILES string of the molecule is CCn1nc(C)c(Br)c1CN1CC(=O)N2CCCC2C1=O. The maximum Gasteiger partial charge on any atom is 0.246 e. The topological polar surface area (TPSA) is 58.4 Å². The van der Waals surface area contributed by atoms with E-state index in [1.54, 1.807) is 9.80 Å². The van der Waals surface area contributed by atoms with Gasteiger partial charge in [0.2, 0.25) is 11.8 Å². The normalized spacial score (nSPS) is 22.1. The molecule has 0 bridgehead atoms. The Kier molecular flexibility index (Phi) is 3.77. The molecule has 0 aromatic carbocycles. The first kappa shape index (κ1) is 14.6. The number of aromatic nitrogens is 2. The second kappa shape index (κ2) is 5.44. The molecule has 0 saturated carbocycles. The largest absolute Gasteiger partial charge is 0.329 e. The molecule has 1 unspecified atom stereocenters. The molecule has 1 atom stereocenters. The zero-order valence-electron chi connectivity index (χ0n) is 12.3. The van der Waals surface area contributed by atoms with Crippen molar-refractivity contribution in [2.45, 2.75) is 45.8 Å². The minimum absolute atomic E-state index is 0.0625. The number of amides is 2. The summed E-state index contributed by atoms with van der Waals surface area (Å²) < 4.78 is 2.82. The maximum absolute atomic E-state index is 12.6. The van der Waals surface area contributed by atoms with E-state index in [2.05, 4.69) is 21.0 Å². The van der Waals surface area contributed by atoms with Crippen LogP contribution >= 0.6 is 15.9 Å². The van der Waals surface area contributed by atoms with Crippen LogP contribution in [0.1, 0.15) is 31.2 Å². The first-order valence-electron chi connectivity index (χ1n) is 7.33. The number of hydrogen-bond acceptors (Lipinski definition) is 3. The zero-order chi connectivity index (χ0) is 15.1. The summed E-state index contributed by atoms with van der Waals surface area (Å²) in [6.45, 7) is 6.03. The van der Waals surface area contributed by atoms with Gasteiger partial charge < -0.3 is 9.80 Å². The Morgan fingerprint density at radius 3 is 2.86 bits per heavy atom. The smallest absolute Gasteiger partial charge is 0.246 e. The highest BCUT2D eigenvalue weighted by atomic mass is 79.9. The molecule has 2 saturated heterocycles. The molecule has 0 radical (unpaired) electrons. The molecule has 2 aliphatic rings. The summed E-state index contributed by atoms with van der Waals surface area (Å²) in [5.74, 6) is 0.132. The van der Waals surface area contributed by atoms with Gasteiger partial charge in [-0.1, -0.05) is 0 Å². The fourth-order valence-electron chi connectivity index (χ4n) is 3.20. The van der Waals surface area contributed by atoms with E-state index >= 15 is 0 Å². The van der Waals surface area contributed by atoms with Crippen molar-refractivity contribution >= 4 is 27.7 Å². The second-order valence-electron chi connectivity index (χ2n) is 5.60. The molecule has 114 valence electrons. The highest BCUT2D eigenvalue weighted by molar-refractivity contribution is 9.10. The number of carbonyl (C=O) groups is 2. The number of halogens is 1. The van der Waals surface area contributed by atoms with Gasteiger partial charge >= 0.3 is 0 Å². The highest BCUT2D eigenvalue weighted by Gasteiger charge is 2.42. The summed E-state index contributed by atoms with van der Waals surface area (Å²) in [5.41, 5.74) is 1.87. The third-order valence-corrected chi connectivity index (χ3v) is 5.32. The van der Waals surface area contributed by atoms with Gasteiger partial charge in [0.05, 0.1) is 22.4 Å². The monoisotopic (exact) mass is 354 g/mol. The summed E-state index contributed by atoms with van der Waals surface area (Å²) in [4.78, 5) is 28.1. The Bertz CT molecular complexity index is 598. The van der Waals surface area contributed by atoms with E-state index in [9.17, 15) is 9.59 Å². The zero-order valence-corrected chi connectivity index (χ0v) is 13.9. The summed E-state index contributed by atoms with van der Waals surface area (Å²) in [6.07, 6.45) is 1.71. The third-order valence-electron chi connectivity index (χ3n) is 4.29. The van der Waals surface area contributed by atoms with Crippen molar-refractivity contribution in [3.63, 3.8) is 0 Å². The number of hydrogen-bond donors (Lipinski definition) is 0. The Balaban J connectivity index is 1.85. The molecule has 0 N–H and O–H groups in total. The van der Waals surface area contributed by atoms with Crippen molar-refractivity contribution in [1.82, 2.24) is 19.6 Å². The quantitative estimate of drug-likeness (QED) is 0.822. The van der Waals surface area contributed by atoms with Gasteiger partial charge in [0.1, 0.15) is 12.6 Å². The van der Waals surface area contributed by atoms with Crippen molar-refractivity contribution in [2.75, 3.05) is 13.1 Å². The first-order valence-corrected chi connectivity index (χ1v) is 8.12. The van der Waals surface area contributed by atoms with Gasteiger partial charge in [-0.2, -0.15) is 5.10 Å². The Hall–Kier alpha value is -1.37. The van der Waals surface area contributed by atoms with Crippen LogP contribution in [0.25, 0.3) is 0 Å². The minimum Gasteiger partial charge on any atom is -0.329 e. The van der Waals surface area contributed by atoms with Crippen LogP contribution in [-0.2, 0) is 22.7 Å². The molecule has 21 heavy (non-hydrogen) atoms. The number of fused-ring (bicyclic) bond motifs is 1. The van der Waals surface area contributed by atoms with E-state index in [1.165, 1.54) is 0 Å². The van der Waals surface area contributed by atoms with Crippen molar-refractivity contribution in [3.8, 4) is 0 Å². The van der Waals surface area contributed by atoms with Gasteiger partial charge in [-0.05, 0) is 42.6 Å². The van der Waals surface area contributed by atoms with Crippen LogP contribution in [0, 0.1) is 6.92 Å². The van der Waals surface area contributed by atoms with Crippen LogP contribution in [0.5, 0.6) is 0 Å². The van der Waals surface area contributed by atoms with Crippen LogP contribution in [0.3, 0.4) is 0 Å². The molecule has 3 heterocycles. The molecule has 0 aliphatic carbocycles. The van der Waals surface area contributed by atoms with E-state index in [4.69, 9.17) is 0 Å². The molecule has 6 nitrogen and oxygen atoms in total. The van der Waals surface area contributed by atoms with Crippen LogP contribution < -0.4 is 0 Å². The fourth-order valence-corrected chi connectivity index (χ4v) is 3.61. The minimum atomic E-state index is -0.246. The van der Waals surface area contributed by atoms with E-state index in [0.717, 1.165) is 41.8 Å². The van der Waals surface area contributed by atoms with Gasteiger partial charge in [-0.25, -0.2) is 0 Å². The number of carbonyl (C=O) groups excluding carboxylic acids is 2. The van der Waals surface area contributed by atoms with Crippen molar-refractivity contribution in [2.24, 2.45) is 0 Å². The Morgan fingerprint density at radius 2 is 2.14 bits per heavy atom. The van der Waals surface area contributed by atoms with Crippen LogP contribution in [0.4, 0.5) is 0 Å². The van der Waals surface area contributed by atoms with Gasteiger partial charge in [0.15, 0.2) is 0 Å². The number of aryl methyl sites for hydroxylation is 2. The highest BCUT2D eigenvalue weighted by Crippen LogP contribution is 2.27. The third kappa shape index (κ3) is 2.37. The van der Waals surface area contributed by atoms with E-state index in [0.29, 0.717) is 6.54 Å². The number of nitrogens with zero attached hydrogens (tertiary/aromatic N) is 4.